The van der Waals surface area contributed by atoms with Crippen molar-refractivity contribution in [1.82, 2.24) is 0 Å². The zero-order valence-corrected chi connectivity index (χ0v) is 8.69. The number of hydrogen-bond donors (Lipinski definition) is 1. The first-order valence-electron chi connectivity index (χ1n) is 4.22. The van der Waals surface area contributed by atoms with Gasteiger partial charge in [-0.3, -0.25) is 0 Å². The summed E-state index contributed by atoms with van der Waals surface area (Å²) >= 11 is 5.93. The van der Waals surface area contributed by atoms with Gasteiger partial charge in [-0.2, -0.15) is 0 Å². The van der Waals surface area contributed by atoms with Gasteiger partial charge in [0.25, 0.3) is 0 Å². The summed E-state index contributed by atoms with van der Waals surface area (Å²) in [6.45, 7) is 4.66. The number of aryl methyl sites for hydroxylation is 1. The summed E-state index contributed by atoms with van der Waals surface area (Å²) in [6, 6.07) is 3.92. The molecule has 0 atom stereocenters. The summed E-state index contributed by atoms with van der Waals surface area (Å²) in [5, 5.41) is 0.773. The Morgan fingerprint density at radius 3 is 2.69 bits per heavy atom. The van der Waals surface area contributed by atoms with Crippen LogP contribution in [0.25, 0.3) is 0 Å². The molecule has 0 bridgehead atoms. The Morgan fingerprint density at radius 2 is 2.08 bits per heavy atom. The van der Waals surface area contributed by atoms with Crippen molar-refractivity contribution in [3.8, 4) is 0 Å². The second-order valence-electron chi connectivity index (χ2n) is 3.13. The number of rotatable bonds is 3. The summed E-state index contributed by atoms with van der Waals surface area (Å²) < 4.78 is 0. The fourth-order valence-corrected chi connectivity index (χ4v) is 1.61. The lowest BCUT2D eigenvalue weighted by Gasteiger charge is -2.08. The number of hydrogen-bond acceptors (Lipinski definition) is 2. The van der Waals surface area contributed by atoms with E-state index < -0.39 is 0 Å². The molecule has 0 aliphatic rings. The normalized spacial score (nSPS) is 10.5. The van der Waals surface area contributed by atoms with Crippen LogP contribution in [-0.4, -0.2) is 6.61 Å². The molecule has 3 heteroatoms. The molecule has 2 nitrogen and oxygen atoms in total. The summed E-state index contributed by atoms with van der Waals surface area (Å²) in [5.41, 5.74) is 3.68. The number of nitrogens with two attached hydrogens (primary N) is 1. The first kappa shape index (κ1) is 10.5. The Hall–Kier alpha value is -0.570. The molecule has 0 saturated heterocycles. The molecule has 13 heavy (non-hydrogen) atoms. The van der Waals surface area contributed by atoms with Crippen molar-refractivity contribution in [2.45, 2.75) is 20.3 Å². The van der Waals surface area contributed by atoms with Crippen molar-refractivity contribution in [2.24, 2.45) is 5.90 Å². The second-order valence-corrected chi connectivity index (χ2v) is 3.56. The molecular formula is C10H14ClNO. The Morgan fingerprint density at radius 1 is 1.38 bits per heavy atom. The van der Waals surface area contributed by atoms with Gasteiger partial charge in [-0.15, -0.1) is 0 Å². The largest absolute Gasteiger partial charge is 0.304 e. The van der Waals surface area contributed by atoms with Crippen LogP contribution in [0.2, 0.25) is 5.02 Å². The molecule has 2 N–H and O–H groups in total. The van der Waals surface area contributed by atoms with Crippen LogP contribution in [0.4, 0.5) is 0 Å². The third-order valence-corrected chi connectivity index (χ3v) is 2.45. The molecule has 1 rings (SSSR count). The van der Waals surface area contributed by atoms with Crippen molar-refractivity contribution in [3.05, 3.63) is 33.8 Å². The van der Waals surface area contributed by atoms with Crippen LogP contribution < -0.4 is 5.90 Å². The average Bonchev–Trinajstić information content (AvgIpc) is 2.09. The number of benzene rings is 1. The molecule has 0 fully saturated rings. The number of halogens is 1. The molecule has 0 saturated carbocycles. The maximum atomic E-state index is 5.93. The van der Waals surface area contributed by atoms with Gasteiger partial charge in [0.05, 0.1) is 6.61 Å². The van der Waals surface area contributed by atoms with E-state index in [2.05, 4.69) is 11.8 Å². The molecule has 0 amide bonds. The lowest BCUT2D eigenvalue weighted by atomic mass is 10.0. The third-order valence-electron chi connectivity index (χ3n) is 2.23. The van der Waals surface area contributed by atoms with Crippen molar-refractivity contribution >= 4 is 11.6 Å². The van der Waals surface area contributed by atoms with Gasteiger partial charge in [0.1, 0.15) is 0 Å². The van der Waals surface area contributed by atoms with Crippen molar-refractivity contribution in [3.63, 3.8) is 0 Å². The SMILES string of the molecule is Cc1cc(Cl)cc(CCON)c1C. The summed E-state index contributed by atoms with van der Waals surface area (Å²) in [7, 11) is 0. The standard InChI is InChI=1S/C10H14ClNO/c1-7-5-10(11)6-9(8(7)2)3-4-13-12/h5-6H,3-4,12H2,1-2H3. The van der Waals surface area contributed by atoms with Crippen LogP contribution in [0.5, 0.6) is 0 Å². The minimum atomic E-state index is 0.528. The molecule has 72 valence electrons. The van der Waals surface area contributed by atoms with E-state index in [0.29, 0.717) is 6.61 Å². The zero-order chi connectivity index (χ0) is 9.84. The molecule has 1 aromatic carbocycles. The lowest BCUT2D eigenvalue weighted by Crippen LogP contribution is -2.05. The van der Waals surface area contributed by atoms with E-state index in [9.17, 15) is 0 Å². The Labute approximate surface area is 83.6 Å². The predicted octanol–water partition coefficient (Wildman–Crippen LogP) is 2.39. The predicted molar refractivity (Wildman–Crippen MR) is 54.8 cm³/mol. The molecular weight excluding hydrogens is 186 g/mol. The second kappa shape index (κ2) is 4.61. The van der Waals surface area contributed by atoms with Crippen LogP contribution >= 0.6 is 11.6 Å². The highest BCUT2D eigenvalue weighted by Gasteiger charge is 2.02. The maximum Gasteiger partial charge on any atom is 0.0719 e. The van der Waals surface area contributed by atoms with E-state index in [-0.39, 0.29) is 0 Å². The Bertz CT molecular complexity index is 299. The van der Waals surface area contributed by atoms with Crippen molar-refractivity contribution < 1.29 is 4.84 Å². The molecule has 0 aromatic heterocycles. The van der Waals surface area contributed by atoms with E-state index in [1.165, 1.54) is 16.7 Å². The van der Waals surface area contributed by atoms with Crippen LogP contribution in [-0.2, 0) is 11.3 Å². The molecule has 0 aliphatic carbocycles. The minimum absolute atomic E-state index is 0.528. The third kappa shape index (κ3) is 2.69. The summed E-state index contributed by atoms with van der Waals surface area (Å²) in [6.07, 6.45) is 0.809. The summed E-state index contributed by atoms with van der Waals surface area (Å²) in [4.78, 5) is 4.54. The van der Waals surface area contributed by atoms with Gasteiger partial charge in [-0.05, 0) is 49.1 Å². The Kier molecular flexibility index (Phi) is 3.72. The first-order chi connectivity index (χ1) is 6.15. The Balaban J connectivity index is 2.92. The van der Waals surface area contributed by atoms with Crippen molar-refractivity contribution in [1.29, 1.82) is 0 Å². The van der Waals surface area contributed by atoms with E-state index in [4.69, 9.17) is 17.5 Å². The van der Waals surface area contributed by atoms with E-state index in [0.717, 1.165) is 11.4 Å². The van der Waals surface area contributed by atoms with Gasteiger partial charge in [-0.1, -0.05) is 11.6 Å². The van der Waals surface area contributed by atoms with Gasteiger partial charge in [0, 0.05) is 5.02 Å². The first-order valence-corrected chi connectivity index (χ1v) is 4.60. The average molecular weight is 200 g/mol. The monoisotopic (exact) mass is 199 g/mol. The molecule has 0 radical (unpaired) electrons. The lowest BCUT2D eigenvalue weighted by molar-refractivity contribution is 0.141. The van der Waals surface area contributed by atoms with Gasteiger partial charge in [0.15, 0.2) is 0 Å². The topological polar surface area (TPSA) is 35.2 Å². The fourth-order valence-electron chi connectivity index (χ4n) is 1.31. The van der Waals surface area contributed by atoms with Crippen LogP contribution in [0.3, 0.4) is 0 Å². The van der Waals surface area contributed by atoms with Gasteiger partial charge >= 0.3 is 0 Å². The molecule has 0 unspecified atom stereocenters. The summed E-state index contributed by atoms with van der Waals surface area (Å²) in [5.74, 6) is 4.97. The van der Waals surface area contributed by atoms with Crippen LogP contribution in [0, 0.1) is 13.8 Å². The van der Waals surface area contributed by atoms with Crippen molar-refractivity contribution in [2.75, 3.05) is 6.61 Å². The van der Waals surface area contributed by atoms with E-state index in [1.807, 2.05) is 19.1 Å². The smallest absolute Gasteiger partial charge is 0.0719 e. The van der Waals surface area contributed by atoms with Crippen LogP contribution in [0.1, 0.15) is 16.7 Å². The van der Waals surface area contributed by atoms with Gasteiger partial charge < -0.3 is 4.84 Å². The quantitative estimate of drug-likeness (QED) is 0.759. The minimum Gasteiger partial charge on any atom is -0.304 e. The van der Waals surface area contributed by atoms with E-state index in [1.54, 1.807) is 0 Å². The van der Waals surface area contributed by atoms with E-state index >= 15 is 0 Å². The molecule has 0 aliphatic heterocycles. The molecule has 1 aromatic rings. The maximum absolute atomic E-state index is 5.93. The highest BCUT2D eigenvalue weighted by molar-refractivity contribution is 6.30. The highest BCUT2D eigenvalue weighted by Crippen LogP contribution is 2.20. The van der Waals surface area contributed by atoms with Crippen LogP contribution in [0.15, 0.2) is 12.1 Å². The van der Waals surface area contributed by atoms with Gasteiger partial charge in [0.2, 0.25) is 0 Å². The fraction of sp³-hybridized carbons (Fsp3) is 0.400. The molecule has 0 heterocycles. The zero-order valence-electron chi connectivity index (χ0n) is 7.93. The highest BCUT2D eigenvalue weighted by atomic mass is 35.5. The molecule has 0 spiro atoms. The van der Waals surface area contributed by atoms with Gasteiger partial charge in [-0.25, -0.2) is 5.90 Å².